The summed E-state index contributed by atoms with van der Waals surface area (Å²) in [4.78, 5) is 12.1. The van der Waals surface area contributed by atoms with Gasteiger partial charge in [0, 0.05) is 0 Å². The molecule has 1 aromatic carbocycles. The van der Waals surface area contributed by atoms with Crippen molar-refractivity contribution in [2.75, 3.05) is 11.5 Å². The Morgan fingerprint density at radius 2 is 1.83 bits per heavy atom. The predicted octanol–water partition coefficient (Wildman–Crippen LogP) is 1.64. The first-order valence-corrected chi connectivity index (χ1v) is 5.82. The van der Waals surface area contributed by atoms with Crippen molar-refractivity contribution >= 4 is 27.4 Å². The van der Waals surface area contributed by atoms with Crippen LogP contribution in [0.2, 0.25) is 0 Å². The number of nitrogen functional groups attached to an aromatic ring is 2. The summed E-state index contributed by atoms with van der Waals surface area (Å²) in [6.45, 7) is 0. The summed E-state index contributed by atoms with van der Waals surface area (Å²) >= 11 is 3.09. The molecule has 4 N–H and O–H groups in total. The van der Waals surface area contributed by atoms with Crippen LogP contribution in [-0.2, 0) is 0 Å². The lowest BCUT2D eigenvalue weighted by Gasteiger charge is -2.13. The molecule has 0 fully saturated rings. The Kier molecular flexibility index (Phi) is 3.08. The van der Waals surface area contributed by atoms with E-state index in [1.54, 1.807) is 24.3 Å². The normalized spacial score (nSPS) is 10.0. The fourth-order valence-electron chi connectivity index (χ4n) is 1.63. The number of nitrogens with zero attached hydrogens (tertiary/aromatic N) is 2. The quantitative estimate of drug-likeness (QED) is 0.836. The molecule has 1 aromatic heterocycles. The Bertz CT molecular complexity index is 701. The molecule has 0 aliphatic heterocycles. The highest BCUT2D eigenvalue weighted by atomic mass is 79.9. The lowest BCUT2D eigenvalue weighted by molar-refractivity contribution is 0.992. The van der Waals surface area contributed by atoms with Crippen molar-refractivity contribution in [3.63, 3.8) is 0 Å². The number of aromatic nitrogens is 1. The number of anilines is 2. The molecule has 6 heteroatoms. The highest BCUT2D eigenvalue weighted by Gasteiger charge is 2.17. The molecule has 90 valence electrons. The van der Waals surface area contributed by atoms with Crippen LogP contribution < -0.4 is 17.0 Å². The zero-order valence-corrected chi connectivity index (χ0v) is 10.8. The largest absolute Gasteiger partial charge is 0.396 e. The Labute approximate surface area is 111 Å². The molecule has 2 rings (SSSR count). The van der Waals surface area contributed by atoms with Crippen molar-refractivity contribution in [3.05, 3.63) is 50.7 Å². The fourth-order valence-corrected chi connectivity index (χ4v) is 2.01. The van der Waals surface area contributed by atoms with Crippen molar-refractivity contribution < 1.29 is 0 Å². The molecule has 0 saturated carbocycles. The van der Waals surface area contributed by atoms with Crippen molar-refractivity contribution in [1.29, 1.82) is 5.26 Å². The first kappa shape index (κ1) is 12.2. The number of nitriles is 1. The average Bonchev–Trinajstić information content (AvgIpc) is 2.38. The van der Waals surface area contributed by atoms with Crippen LogP contribution >= 0.6 is 15.9 Å². The maximum absolute atomic E-state index is 12.1. The summed E-state index contributed by atoms with van der Waals surface area (Å²) in [7, 11) is 0. The minimum atomic E-state index is -0.393. The molecule has 0 atom stereocenters. The minimum Gasteiger partial charge on any atom is -0.396 e. The van der Waals surface area contributed by atoms with Crippen LogP contribution in [0.3, 0.4) is 0 Å². The minimum absolute atomic E-state index is 0.0365. The molecule has 0 radical (unpaired) electrons. The van der Waals surface area contributed by atoms with Crippen molar-refractivity contribution in [3.8, 4) is 11.8 Å². The number of benzene rings is 1. The van der Waals surface area contributed by atoms with Gasteiger partial charge in [-0.3, -0.25) is 9.36 Å². The van der Waals surface area contributed by atoms with Gasteiger partial charge in [0.2, 0.25) is 0 Å². The molecule has 1 heterocycles. The molecule has 0 spiro atoms. The first-order valence-electron chi connectivity index (χ1n) is 5.03. The summed E-state index contributed by atoms with van der Waals surface area (Å²) < 4.78 is 1.39. The van der Waals surface area contributed by atoms with E-state index in [1.165, 1.54) is 4.57 Å². The number of halogens is 1. The van der Waals surface area contributed by atoms with E-state index in [1.807, 2.05) is 12.1 Å². The number of rotatable bonds is 1. The van der Waals surface area contributed by atoms with Gasteiger partial charge in [0.15, 0.2) is 0 Å². The van der Waals surface area contributed by atoms with E-state index in [2.05, 4.69) is 15.9 Å². The van der Waals surface area contributed by atoms with Gasteiger partial charge in [-0.15, -0.1) is 0 Å². The van der Waals surface area contributed by atoms with E-state index < -0.39 is 5.56 Å². The van der Waals surface area contributed by atoms with Crippen LogP contribution in [0.4, 0.5) is 11.5 Å². The summed E-state index contributed by atoms with van der Waals surface area (Å²) in [6.07, 6.45) is 0. The van der Waals surface area contributed by atoms with E-state index in [-0.39, 0.29) is 21.5 Å². The van der Waals surface area contributed by atoms with E-state index in [9.17, 15) is 4.79 Å². The van der Waals surface area contributed by atoms with E-state index in [4.69, 9.17) is 16.7 Å². The third-order valence-electron chi connectivity index (χ3n) is 2.52. The number of para-hydroxylation sites is 1. The maximum Gasteiger partial charge on any atom is 0.273 e. The zero-order chi connectivity index (χ0) is 13.3. The van der Waals surface area contributed by atoms with Gasteiger partial charge in [-0.25, -0.2) is 0 Å². The average molecular weight is 305 g/mol. The molecule has 2 aromatic rings. The molecular weight excluding hydrogens is 296 g/mol. The fraction of sp³-hybridized carbons (Fsp3) is 0. The molecule has 18 heavy (non-hydrogen) atoms. The van der Waals surface area contributed by atoms with Gasteiger partial charge in [0.05, 0.1) is 11.4 Å². The second-order valence-electron chi connectivity index (χ2n) is 3.58. The molecule has 0 unspecified atom stereocenters. The van der Waals surface area contributed by atoms with Crippen molar-refractivity contribution in [2.45, 2.75) is 0 Å². The Morgan fingerprint density at radius 1 is 1.22 bits per heavy atom. The standard InChI is InChI=1S/C12H9BrN4O/c13-9-10(15)8(6-14)11(16)17(12(9)18)7-4-2-1-3-5-7/h1-5H,15-16H2. The summed E-state index contributed by atoms with van der Waals surface area (Å²) in [6, 6.07) is 10.7. The number of hydrogen-bond donors (Lipinski definition) is 2. The summed E-state index contributed by atoms with van der Waals surface area (Å²) in [5, 5.41) is 9.04. The molecule has 5 nitrogen and oxygen atoms in total. The van der Waals surface area contributed by atoms with Crippen LogP contribution in [0.5, 0.6) is 0 Å². The van der Waals surface area contributed by atoms with E-state index in [0.29, 0.717) is 5.69 Å². The smallest absolute Gasteiger partial charge is 0.273 e. The second kappa shape index (κ2) is 4.55. The van der Waals surface area contributed by atoms with Crippen LogP contribution in [0.15, 0.2) is 39.6 Å². The van der Waals surface area contributed by atoms with Gasteiger partial charge in [0.1, 0.15) is 21.9 Å². The molecule has 0 saturated heterocycles. The SMILES string of the molecule is N#Cc1c(N)c(Br)c(=O)n(-c2ccccc2)c1N. The molecule has 0 bridgehead atoms. The zero-order valence-electron chi connectivity index (χ0n) is 9.22. The molecule has 0 aliphatic carbocycles. The van der Waals surface area contributed by atoms with Crippen LogP contribution in [-0.4, -0.2) is 4.57 Å². The van der Waals surface area contributed by atoms with Crippen LogP contribution in [0.25, 0.3) is 5.69 Å². The topological polar surface area (TPSA) is 97.8 Å². The van der Waals surface area contributed by atoms with Crippen molar-refractivity contribution in [1.82, 2.24) is 4.57 Å². The van der Waals surface area contributed by atoms with Gasteiger partial charge in [0.25, 0.3) is 5.56 Å². The highest BCUT2D eigenvalue weighted by molar-refractivity contribution is 9.10. The predicted molar refractivity (Wildman–Crippen MR) is 73.3 cm³/mol. The van der Waals surface area contributed by atoms with E-state index >= 15 is 0 Å². The summed E-state index contributed by atoms with van der Waals surface area (Å²) in [5.74, 6) is 0.0365. The summed E-state index contributed by atoms with van der Waals surface area (Å²) in [5.41, 5.74) is 11.9. The third kappa shape index (κ3) is 1.75. The third-order valence-corrected chi connectivity index (χ3v) is 3.29. The molecule has 0 amide bonds. The van der Waals surface area contributed by atoms with Crippen molar-refractivity contribution in [2.24, 2.45) is 0 Å². The van der Waals surface area contributed by atoms with Crippen LogP contribution in [0.1, 0.15) is 5.56 Å². The molecular formula is C12H9BrN4O. The Hall–Kier alpha value is -2.26. The van der Waals surface area contributed by atoms with Gasteiger partial charge in [-0.1, -0.05) is 18.2 Å². The van der Waals surface area contributed by atoms with Gasteiger partial charge in [-0.2, -0.15) is 5.26 Å². The Balaban J connectivity index is 2.90. The van der Waals surface area contributed by atoms with E-state index in [0.717, 1.165) is 0 Å². The monoisotopic (exact) mass is 304 g/mol. The van der Waals surface area contributed by atoms with Gasteiger partial charge >= 0.3 is 0 Å². The lowest BCUT2D eigenvalue weighted by atomic mass is 10.2. The van der Waals surface area contributed by atoms with Crippen LogP contribution in [0, 0.1) is 11.3 Å². The number of pyridine rings is 1. The second-order valence-corrected chi connectivity index (χ2v) is 4.37. The number of hydrogen-bond acceptors (Lipinski definition) is 4. The van der Waals surface area contributed by atoms with Gasteiger partial charge in [-0.05, 0) is 28.1 Å². The number of nitrogens with two attached hydrogens (primary N) is 2. The first-order chi connectivity index (χ1) is 8.57. The molecule has 0 aliphatic rings. The van der Waals surface area contributed by atoms with Gasteiger partial charge < -0.3 is 11.5 Å². The lowest BCUT2D eigenvalue weighted by Crippen LogP contribution is -2.24. The Morgan fingerprint density at radius 3 is 2.39 bits per heavy atom. The maximum atomic E-state index is 12.1. The highest BCUT2D eigenvalue weighted by Crippen LogP contribution is 2.25.